The molecule has 0 unspecified atom stereocenters. The summed E-state index contributed by atoms with van der Waals surface area (Å²) in [6.45, 7) is 6.36. The van der Waals surface area contributed by atoms with Gasteiger partial charge in [-0.05, 0) is 44.4 Å². The van der Waals surface area contributed by atoms with Crippen molar-refractivity contribution in [2.75, 3.05) is 0 Å². The van der Waals surface area contributed by atoms with Crippen molar-refractivity contribution in [2.24, 2.45) is 0 Å². The fraction of sp³-hybridized carbons (Fsp3) is 0.143. The van der Waals surface area contributed by atoms with Crippen LogP contribution in [0.15, 0.2) is 54.9 Å². The maximum atomic E-state index is 4.57. The van der Waals surface area contributed by atoms with Gasteiger partial charge in [0, 0.05) is 16.3 Å². The Bertz CT molecular complexity index is 1030. The summed E-state index contributed by atoms with van der Waals surface area (Å²) in [6, 6.07) is 17.4. The predicted molar refractivity (Wildman–Crippen MR) is 96.7 cm³/mol. The molecule has 0 N–H and O–H groups in total. The summed E-state index contributed by atoms with van der Waals surface area (Å²) >= 11 is 0. The molecule has 0 fully saturated rings. The van der Waals surface area contributed by atoms with Crippen molar-refractivity contribution in [1.29, 1.82) is 0 Å². The molecule has 0 aliphatic heterocycles. The van der Waals surface area contributed by atoms with Gasteiger partial charge in [0.05, 0.1) is 11.2 Å². The van der Waals surface area contributed by atoms with Gasteiger partial charge in [0.2, 0.25) is 0 Å². The van der Waals surface area contributed by atoms with E-state index in [1.54, 1.807) is 6.33 Å². The molecule has 0 atom stereocenters. The van der Waals surface area contributed by atoms with Gasteiger partial charge in [-0.15, -0.1) is 0 Å². The lowest BCUT2D eigenvalue weighted by Crippen LogP contribution is -1.91. The monoisotopic (exact) mass is 298 g/mol. The molecule has 0 bridgehead atoms. The van der Waals surface area contributed by atoms with E-state index < -0.39 is 0 Å². The van der Waals surface area contributed by atoms with Crippen molar-refractivity contribution in [3.05, 3.63) is 71.5 Å². The Balaban J connectivity index is 2.07. The summed E-state index contributed by atoms with van der Waals surface area (Å²) in [5.41, 5.74) is 6.95. The first-order valence-corrected chi connectivity index (χ1v) is 7.84. The average molecular weight is 298 g/mol. The zero-order valence-corrected chi connectivity index (χ0v) is 13.6. The summed E-state index contributed by atoms with van der Waals surface area (Å²) < 4.78 is 0. The third kappa shape index (κ3) is 2.36. The maximum absolute atomic E-state index is 4.57. The fourth-order valence-corrected chi connectivity index (χ4v) is 3.32. The van der Waals surface area contributed by atoms with Crippen molar-refractivity contribution in [1.82, 2.24) is 9.97 Å². The predicted octanol–water partition coefficient (Wildman–Crippen LogP) is 5.38. The molecule has 4 aromatic rings. The molecule has 1 heterocycles. The highest BCUT2D eigenvalue weighted by Gasteiger charge is 2.10. The van der Waals surface area contributed by atoms with Crippen LogP contribution in [0.2, 0.25) is 0 Å². The molecule has 2 heteroatoms. The minimum atomic E-state index is 1.00. The second kappa shape index (κ2) is 5.17. The number of hydrogen-bond donors (Lipinski definition) is 0. The standard InChI is InChI=1S/C21H18N2/c1-13-4-6-18-16(9-13)5-7-19-20(22-12-23-21(18)19)17-10-14(2)8-15(3)11-17/h4-12H,1-3H3. The summed E-state index contributed by atoms with van der Waals surface area (Å²) in [5, 5.41) is 3.51. The Kier molecular flexibility index (Phi) is 3.12. The van der Waals surface area contributed by atoms with Gasteiger partial charge in [0.25, 0.3) is 0 Å². The topological polar surface area (TPSA) is 25.8 Å². The second-order valence-corrected chi connectivity index (χ2v) is 6.28. The van der Waals surface area contributed by atoms with Gasteiger partial charge in [-0.1, -0.05) is 47.0 Å². The van der Waals surface area contributed by atoms with E-state index in [1.165, 1.54) is 27.5 Å². The van der Waals surface area contributed by atoms with Crippen LogP contribution in [-0.2, 0) is 0 Å². The molecule has 112 valence electrons. The molecule has 4 rings (SSSR count). The molecule has 0 aliphatic carbocycles. The number of rotatable bonds is 1. The average Bonchev–Trinajstić information content (AvgIpc) is 2.52. The quantitative estimate of drug-likeness (QED) is 0.441. The van der Waals surface area contributed by atoms with E-state index in [9.17, 15) is 0 Å². The van der Waals surface area contributed by atoms with Crippen molar-refractivity contribution < 1.29 is 0 Å². The molecule has 0 amide bonds. The Hall–Kier alpha value is -2.74. The first kappa shape index (κ1) is 13.9. The first-order chi connectivity index (χ1) is 11.1. The Morgan fingerprint density at radius 3 is 2.17 bits per heavy atom. The van der Waals surface area contributed by atoms with Gasteiger partial charge in [-0.2, -0.15) is 0 Å². The highest BCUT2D eigenvalue weighted by molar-refractivity contribution is 6.09. The lowest BCUT2D eigenvalue weighted by atomic mass is 9.99. The minimum Gasteiger partial charge on any atom is -0.236 e. The van der Waals surface area contributed by atoms with Crippen molar-refractivity contribution in [3.63, 3.8) is 0 Å². The number of fused-ring (bicyclic) bond motifs is 3. The van der Waals surface area contributed by atoms with Crippen molar-refractivity contribution in [2.45, 2.75) is 20.8 Å². The lowest BCUT2D eigenvalue weighted by molar-refractivity contribution is 1.22. The molecule has 0 saturated carbocycles. The summed E-state index contributed by atoms with van der Waals surface area (Å²) in [7, 11) is 0. The van der Waals surface area contributed by atoms with E-state index in [0.29, 0.717) is 0 Å². The molecular formula is C21H18N2. The molecule has 0 radical (unpaired) electrons. The van der Waals surface area contributed by atoms with Crippen LogP contribution in [0.25, 0.3) is 32.9 Å². The van der Waals surface area contributed by atoms with Gasteiger partial charge in [-0.3, -0.25) is 0 Å². The second-order valence-electron chi connectivity index (χ2n) is 6.28. The number of aryl methyl sites for hydroxylation is 3. The largest absolute Gasteiger partial charge is 0.236 e. The normalized spacial score (nSPS) is 11.3. The van der Waals surface area contributed by atoms with E-state index in [2.05, 4.69) is 79.3 Å². The fourth-order valence-electron chi connectivity index (χ4n) is 3.32. The SMILES string of the molecule is Cc1cc(C)cc(-c2ncnc3c2ccc2cc(C)ccc23)c1. The highest BCUT2D eigenvalue weighted by atomic mass is 14.8. The third-order valence-electron chi connectivity index (χ3n) is 4.27. The number of benzene rings is 3. The van der Waals surface area contributed by atoms with Gasteiger partial charge >= 0.3 is 0 Å². The Morgan fingerprint density at radius 1 is 0.652 bits per heavy atom. The van der Waals surface area contributed by atoms with E-state index in [-0.39, 0.29) is 0 Å². The van der Waals surface area contributed by atoms with Gasteiger partial charge in [0.15, 0.2) is 0 Å². The molecule has 2 nitrogen and oxygen atoms in total. The Labute approximate surface area is 135 Å². The van der Waals surface area contributed by atoms with Crippen LogP contribution in [0.4, 0.5) is 0 Å². The lowest BCUT2D eigenvalue weighted by Gasteiger charge is -2.10. The molecular weight excluding hydrogens is 280 g/mol. The van der Waals surface area contributed by atoms with Gasteiger partial charge < -0.3 is 0 Å². The van der Waals surface area contributed by atoms with Crippen LogP contribution in [0.5, 0.6) is 0 Å². The molecule has 0 aliphatic rings. The van der Waals surface area contributed by atoms with Crippen molar-refractivity contribution in [3.8, 4) is 11.3 Å². The maximum Gasteiger partial charge on any atom is 0.116 e. The zero-order valence-electron chi connectivity index (χ0n) is 13.6. The number of nitrogens with zero attached hydrogens (tertiary/aromatic N) is 2. The summed E-state index contributed by atoms with van der Waals surface area (Å²) in [4.78, 5) is 9.13. The van der Waals surface area contributed by atoms with Crippen LogP contribution in [0.1, 0.15) is 16.7 Å². The highest BCUT2D eigenvalue weighted by Crippen LogP contribution is 2.31. The third-order valence-corrected chi connectivity index (χ3v) is 4.27. The van der Waals surface area contributed by atoms with Gasteiger partial charge in [-0.25, -0.2) is 9.97 Å². The van der Waals surface area contributed by atoms with Crippen LogP contribution in [0, 0.1) is 20.8 Å². The first-order valence-electron chi connectivity index (χ1n) is 7.84. The van der Waals surface area contributed by atoms with Crippen LogP contribution in [-0.4, -0.2) is 9.97 Å². The van der Waals surface area contributed by atoms with E-state index >= 15 is 0 Å². The number of aromatic nitrogens is 2. The molecule has 1 aromatic heterocycles. The van der Waals surface area contributed by atoms with Crippen molar-refractivity contribution >= 4 is 21.7 Å². The minimum absolute atomic E-state index is 1.00. The van der Waals surface area contributed by atoms with E-state index in [1.807, 2.05) is 0 Å². The van der Waals surface area contributed by atoms with Gasteiger partial charge in [0.1, 0.15) is 6.33 Å². The smallest absolute Gasteiger partial charge is 0.116 e. The van der Waals surface area contributed by atoms with Crippen LogP contribution in [0.3, 0.4) is 0 Å². The molecule has 3 aromatic carbocycles. The Morgan fingerprint density at radius 2 is 1.39 bits per heavy atom. The summed E-state index contributed by atoms with van der Waals surface area (Å²) in [5.74, 6) is 0. The van der Waals surface area contributed by atoms with Crippen LogP contribution < -0.4 is 0 Å². The van der Waals surface area contributed by atoms with Crippen LogP contribution >= 0.6 is 0 Å². The summed E-state index contributed by atoms with van der Waals surface area (Å²) in [6.07, 6.45) is 1.68. The van der Waals surface area contributed by atoms with E-state index in [4.69, 9.17) is 0 Å². The zero-order chi connectivity index (χ0) is 16.0. The van der Waals surface area contributed by atoms with E-state index in [0.717, 1.165) is 22.2 Å². The number of hydrogen-bond acceptors (Lipinski definition) is 2. The molecule has 23 heavy (non-hydrogen) atoms. The molecule has 0 saturated heterocycles. The molecule has 0 spiro atoms.